The van der Waals surface area contributed by atoms with Gasteiger partial charge in [-0.15, -0.1) is 0 Å². The molecule has 2 unspecified atom stereocenters. The first-order valence-electron chi connectivity index (χ1n) is 5.15. The van der Waals surface area contributed by atoms with Crippen LogP contribution in [0.25, 0.3) is 0 Å². The van der Waals surface area contributed by atoms with Crippen molar-refractivity contribution in [2.45, 2.75) is 6.10 Å². The Hall–Kier alpha value is -0.850. The van der Waals surface area contributed by atoms with Crippen molar-refractivity contribution in [2.24, 2.45) is 0 Å². The highest BCUT2D eigenvalue weighted by atomic mass is 32.2. The van der Waals surface area contributed by atoms with Gasteiger partial charge in [-0.25, -0.2) is 8.78 Å². The zero-order chi connectivity index (χ0) is 12.8. The highest BCUT2D eigenvalue weighted by Gasteiger charge is 2.16. The molecule has 2 atom stereocenters. The monoisotopic (exact) mass is 263 g/mol. The molecule has 0 amide bonds. The average molecular weight is 263 g/mol. The fourth-order valence-corrected chi connectivity index (χ4v) is 1.82. The number of hydrogen-bond donors (Lipinski definition) is 2. The molecule has 1 aromatic rings. The van der Waals surface area contributed by atoms with Crippen LogP contribution in [0.3, 0.4) is 0 Å². The van der Waals surface area contributed by atoms with E-state index in [-0.39, 0.29) is 12.1 Å². The van der Waals surface area contributed by atoms with Gasteiger partial charge >= 0.3 is 0 Å². The van der Waals surface area contributed by atoms with Gasteiger partial charge in [0.05, 0.1) is 11.7 Å². The largest absolute Gasteiger partial charge is 0.387 e. The minimum atomic E-state index is -1.25. The summed E-state index contributed by atoms with van der Waals surface area (Å²) in [6.45, 7) is 0.450. The fraction of sp³-hybridized carbons (Fsp3) is 0.455. The van der Waals surface area contributed by atoms with Crippen molar-refractivity contribution in [2.75, 3.05) is 25.1 Å². The van der Waals surface area contributed by atoms with Gasteiger partial charge in [0.2, 0.25) is 0 Å². The molecule has 0 heterocycles. The Balaban J connectivity index is 2.52. The van der Waals surface area contributed by atoms with Gasteiger partial charge in [-0.1, -0.05) is 6.07 Å². The van der Waals surface area contributed by atoms with E-state index in [0.717, 1.165) is 12.1 Å². The molecule has 0 radical (unpaired) electrons. The number of nitrogens with one attached hydrogen (secondary N) is 1. The molecule has 0 saturated heterocycles. The summed E-state index contributed by atoms with van der Waals surface area (Å²) in [4.78, 5) is 0. The van der Waals surface area contributed by atoms with E-state index in [2.05, 4.69) is 5.32 Å². The first-order valence-corrected chi connectivity index (χ1v) is 6.87. The Bertz CT molecular complexity index is 381. The average Bonchev–Trinajstić information content (AvgIpc) is 2.24. The van der Waals surface area contributed by atoms with Crippen LogP contribution >= 0.6 is 0 Å². The van der Waals surface area contributed by atoms with Crippen LogP contribution in [0.1, 0.15) is 11.7 Å². The second kappa shape index (κ2) is 6.78. The third-order valence-corrected chi connectivity index (χ3v) is 3.02. The van der Waals surface area contributed by atoms with Gasteiger partial charge in [0.25, 0.3) is 0 Å². The Labute approximate surface area is 101 Å². The first-order chi connectivity index (χ1) is 8.02. The maximum atomic E-state index is 13.3. The lowest BCUT2D eigenvalue weighted by Gasteiger charge is -2.13. The number of aliphatic hydroxyl groups is 1. The maximum Gasteiger partial charge on any atom is 0.131 e. The van der Waals surface area contributed by atoms with E-state index >= 15 is 0 Å². The summed E-state index contributed by atoms with van der Waals surface area (Å²) in [5.41, 5.74) is -0.336. The van der Waals surface area contributed by atoms with Gasteiger partial charge in [0, 0.05) is 35.9 Å². The minimum absolute atomic E-state index is 0.0229. The molecule has 0 fully saturated rings. The molecule has 6 heteroatoms. The molecule has 1 rings (SSSR count). The summed E-state index contributed by atoms with van der Waals surface area (Å²) in [6, 6.07) is 3.44. The minimum Gasteiger partial charge on any atom is -0.387 e. The van der Waals surface area contributed by atoms with Crippen molar-refractivity contribution in [3.63, 3.8) is 0 Å². The lowest BCUT2D eigenvalue weighted by molar-refractivity contribution is 0.166. The van der Waals surface area contributed by atoms with Gasteiger partial charge in [0.1, 0.15) is 11.6 Å². The lowest BCUT2D eigenvalue weighted by atomic mass is 10.1. The van der Waals surface area contributed by atoms with Crippen molar-refractivity contribution < 1.29 is 18.1 Å². The van der Waals surface area contributed by atoms with E-state index in [9.17, 15) is 18.1 Å². The van der Waals surface area contributed by atoms with Crippen molar-refractivity contribution in [3.8, 4) is 0 Å². The molecular weight excluding hydrogens is 248 g/mol. The number of halogens is 2. The standard InChI is InChI=1S/C11H15F2NO2S/c1-17(16)6-5-14-7-10(15)11-8(12)3-2-4-9(11)13/h2-4,10,14-15H,5-7H2,1H3. The van der Waals surface area contributed by atoms with E-state index in [4.69, 9.17) is 0 Å². The van der Waals surface area contributed by atoms with Crippen LogP contribution in [0.2, 0.25) is 0 Å². The van der Waals surface area contributed by atoms with E-state index < -0.39 is 28.5 Å². The quantitative estimate of drug-likeness (QED) is 0.752. The van der Waals surface area contributed by atoms with Crippen LogP contribution in [0.4, 0.5) is 8.78 Å². The molecule has 0 aromatic heterocycles. The van der Waals surface area contributed by atoms with Gasteiger partial charge in [-0.3, -0.25) is 4.21 Å². The molecule has 0 saturated carbocycles. The van der Waals surface area contributed by atoms with E-state index in [1.807, 2.05) is 0 Å². The number of aliphatic hydroxyl groups excluding tert-OH is 1. The third kappa shape index (κ3) is 4.49. The molecule has 96 valence electrons. The third-order valence-electron chi connectivity index (χ3n) is 2.24. The highest BCUT2D eigenvalue weighted by molar-refractivity contribution is 7.84. The summed E-state index contributed by atoms with van der Waals surface area (Å²) in [7, 11) is -0.926. The SMILES string of the molecule is CS(=O)CCNCC(O)c1c(F)cccc1F. The molecule has 1 aromatic carbocycles. The summed E-state index contributed by atoms with van der Waals surface area (Å²) in [5, 5.41) is 12.4. The Morgan fingerprint density at radius 3 is 2.53 bits per heavy atom. The smallest absolute Gasteiger partial charge is 0.131 e. The van der Waals surface area contributed by atoms with Gasteiger partial charge in [0.15, 0.2) is 0 Å². The van der Waals surface area contributed by atoms with Crippen LogP contribution in [-0.2, 0) is 10.8 Å². The molecule has 0 aliphatic heterocycles. The topological polar surface area (TPSA) is 49.3 Å². The van der Waals surface area contributed by atoms with Crippen LogP contribution in [-0.4, -0.2) is 34.4 Å². The zero-order valence-electron chi connectivity index (χ0n) is 9.45. The predicted molar refractivity (Wildman–Crippen MR) is 63.1 cm³/mol. The normalized spacial score (nSPS) is 14.6. The van der Waals surface area contributed by atoms with Crippen LogP contribution < -0.4 is 5.32 Å². The van der Waals surface area contributed by atoms with Crippen LogP contribution in [0, 0.1) is 11.6 Å². The zero-order valence-corrected chi connectivity index (χ0v) is 10.3. The van der Waals surface area contributed by atoms with E-state index in [1.54, 1.807) is 6.26 Å². The molecule has 0 bridgehead atoms. The summed E-state index contributed by atoms with van der Waals surface area (Å²) in [5.74, 6) is -1.09. The molecule has 0 aliphatic rings. The first kappa shape index (κ1) is 14.2. The molecular formula is C11H15F2NO2S. The second-order valence-corrected chi connectivity index (χ2v) is 5.19. The van der Waals surface area contributed by atoms with Gasteiger partial charge < -0.3 is 10.4 Å². The number of rotatable bonds is 6. The Morgan fingerprint density at radius 1 is 1.41 bits per heavy atom. The number of benzene rings is 1. The van der Waals surface area contributed by atoms with E-state index in [0.29, 0.717) is 12.3 Å². The highest BCUT2D eigenvalue weighted by Crippen LogP contribution is 2.19. The fourth-order valence-electron chi connectivity index (χ4n) is 1.39. The molecule has 0 aliphatic carbocycles. The summed E-state index contributed by atoms with van der Waals surface area (Å²) in [6.07, 6.45) is 0.316. The van der Waals surface area contributed by atoms with Crippen molar-refractivity contribution >= 4 is 10.8 Å². The van der Waals surface area contributed by atoms with Crippen molar-refractivity contribution in [1.29, 1.82) is 0 Å². The van der Waals surface area contributed by atoms with Gasteiger partial charge in [-0.05, 0) is 12.1 Å². The van der Waals surface area contributed by atoms with Crippen molar-refractivity contribution in [3.05, 3.63) is 35.4 Å². The van der Waals surface area contributed by atoms with Crippen LogP contribution in [0.15, 0.2) is 18.2 Å². The molecule has 2 N–H and O–H groups in total. The second-order valence-electron chi connectivity index (χ2n) is 3.63. The molecule has 3 nitrogen and oxygen atoms in total. The van der Waals surface area contributed by atoms with Crippen LogP contribution in [0.5, 0.6) is 0 Å². The van der Waals surface area contributed by atoms with Crippen molar-refractivity contribution in [1.82, 2.24) is 5.32 Å². The lowest BCUT2D eigenvalue weighted by Crippen LogP contribution is -2.26. The number of hydrogen-bond acceptors (Lipinski definition) is 3. The maximum absolute atomic E-state index is 13.3. The predicted octanol–water partition coefficient (Wildman–Crippen LogP) is 0.966. The summed E-state index contributed by atoms with van der Waals surface area (Å²) < 4.78 is 37.3. The summed E-state index contributed by atoms with van der Waals surface area (Å²) >= 11 is 0. The molecule has 17 heavy (non-hydrogen) atoms. The van der Waals surface area contributed by atoms with Gasteiger partial charge in [-0.2, -0.15) is 0 Å². The Kier molecular flexibility index (Phi) is 5.67. The van der Waals surface area contributed by atoms with E-state index in [1.165, 1.54) is 6.07 Å². The molecule has 0 spiro atoms. The Morgan fingerprint density at radius 2 is 2.00 bits per heavy atom.